The Morgan fingerprint density at radius 1 is 2.00 bits per heavy atom. The summed E-state index contributed by atoms with van der Waals surface area (Å²) in [6.45, 7) is -0.0278. The molecule has 0 aromatic carbocycles. The number of hydrogen-bond donors (Lipinski definition) is 2. The van der Waals surface area contributed by atoms with E-state index in [1.807, 2.05) is 0 Å². The molecule has 0 aliphatic heterocycles. The van der Waals surface area contributed by atoms with Crippen LogP contribution in [0.4, 0.5) is 0 Å². The number of aliphatic hydroxyl groups excluding tert-OH is 1. The molecule has 0 aromatic rings. The summed E-state index contributed by atoms with van der Waals surface area (Å²) in [6.07, 6.45) is 1.18. The van der Waals surface area contributed by atoms with E-state index in [1.165, 1.54) is 6.21 Å². The summed E-state index contributed by atoms with van der Waals surface area (Å²) >= 11 is 0. The van der Waals surface area contributed by atoms with Crippen LogP contribution in [0.5, 0.6) is 0 Å². The van der Waals surface area contributed by atoms with Gasteiger partial charge in [-0.05, 0) is 0 Å². The maximum Gasteiger partial charge on any atom is 0.162 e. The first-order valence-corrected chi connectivity index (χ1v) is 1.06. The average molecular weight is 60.1 g/mol. The van der Waals surface area contributed by atoms with Gasteiger partial charge in [-0.15, -0.1) is 0 Å². The van der Waals surface area contributed by atoms with Crippen LogP contribution < -0.4 is 5.41 Å². The van der Waals surface area contributed by atoms with E-state index < -0.39 is 0 Å². The lowest BCUT2D eigenvalue weighted by Crippen LogP contribution is -2.31. The van der Waals surface area contributed by atoms with Gasteiger partial charge in [0, 0.05) is 0 Å². The third-order valence-corrected chi connectivity index (χ3v) is 0.105. The monoisotopic (exact) mass is 60.0 g/mol. The van der Waals surface area contributed by atoms with Gasteiger partial charge in [0.1, 0.15) is 6.61 Å². The van der Waals surface area contributed by atoms with E-state index in [1.54, 1.807) is 0 Å². The van der Waals surface area contributed by atoms with E-state index in [0.29, 0.717) is 0 Å². The van der Waals surface area contributed by atoms with Gasteiger partial charge in [-0.3, -0.25) is 5.41 Å². The summed E-state index contributed by atoms with van der Waals surface area (Å²) in [7, 11) is 0. The minimum atomic E-state index is -0.0278. The van der Waals surface area contributed by atoms with Crippen molar-refractivity contribution in [1.29, 1.82) is 0 Å². The van der Waals surface area contributed by atoms with Gasteiger partial charge in [0.05, 0.1) is 0 Å². The molecule has 0 aliphatic rings. The maximum absolute atomic E-state index is 7.69. The normalized spacial score (nSPS) is 6.25. The second kappa shape index (κ2) is 2.63. The topological polar surface area (TPSA) is 45.8 Å². The van der Waals surface area contributed by atoms with E-state index in [2.05, 4.69) is 5.41 Å². The SMILES string of the molecule is [NH2+]=CCO. The van der Waals surface area contributed by atoms with Crippen molar-refractivity contribution in [2.45, 2.75) is 0 Å². The number of aliphatic hydroxyl groups is 1. The van der Waals surface area contributed by atoms with Gasteiger partial charge in [0.25, 0.3) is 0 Å². The maximum atomic E-state index is 7.69. The molecular formula is C2H6NO+. The molecule has 0 fully saturated rings. The lowest BCUT2D eigenvalue weighted by Gasteiger charge is -1.53. The summed E-state index contributed by atoms with van der Waals surface area (Å²) in [4.78, 5) is 0. The van der Waals surface area contributed by atoms with Crippen LogP contribution in [0.1, 0.15) is 0 Å². The molecule has 3 N–H and O–H groups in total. The van der Waals surface area contributed by atoms with Crippen LogP contribution in [0.25, 0.3) is 0 Å². The number of rotatable bonds is 1. The quantitative estimate of drug-likeness (QED) is 0.332. The molecule has 0 bridgehead atoms. The largest absolute Gasteiger partial charge is 0.386 e. The Labute approximate surface area is 24.6 Å². The van der Waals surface area contributed by atoms with Crippen molar-refractivity contribution in [1.82, 2.24) is 0 Å². The van der Waals surface area contributed by atoms with Gasteiger partial charge in [-0.1, -0.05) is 0 Å². The van der Waals surface area contributed by atoms with E-state index in [0.717, 1.165) is 0 Å². The Morgan fingerprint density at radius 3 is 2.25 bits per heavy atom. The fourth-order valence-corrected chi connectivity index (χ4v) is 0. The minimum Gasteiger partial charge on any atom is -0.386 e. The molecule has 0 saturated heterocycles. The lowest BCUT2D eigenvalue weighted by molar-refractivity contribution is -0.110. The molecule has 4 heavy (non-hydrogen) atoms. The molecule has 0 heterocycles. The van der Waals surface area contributed by atoms with Gasteiger partial charge < -0.3 is 5.11 Å². The second-order valence-electron chi connectivity index (χ2n) is 0.418. The fraction of sp³-hybridized carbons (Fsp3) is 0.500. The van der Waals surface area contributed by atoms with Crippen molar-refractivity contribution in [3.8, 4) is 0 Å². The first-order valence-electron chi connectivity index (χ1n) is 1.06. The Hall–Kier alpha value is -0.370. The fourth-order valence-electron chi connectivity index (χ4n) is 0. The highest BCUT2D eigenvalue weighted by Crippen LogP contribution is 1.21. The highest BCUT2D eigenvalue weighted by atomic mass is 16.2. The number of hydrogen-bond acceptors (Lipinski definition) is 1. The average Bonchev–Trinajstić information content (AvgIpc) is 1.37. The minimum absolute atomic E-state index is 0.0278. The van der Waals surface area contributed by atoms with Crippen LogP contribution >= 0.6 is 0 Å². The summed E-state index contributed by atoms with van der Waals surface area (Å²) < 4.78 is 0. The highest BCUT2D eigenvalue weighted by molar-refractivity contribution is 5.49. The zero-order valence-electron chi connectivity index (χ0n) is 2.31. The zero-order chi connectivity index (χ0) is 3.41. The highest BCUT2D eigenvalue weighted by Gasteiger charge is 1.54. The third kappa shape index (κ3) is 1.63. The molecule has 0 atom stereocenters. The third-order valence-electron chi connectivity index (χ3n) is 0.105. The first-order chi connectivity index (χ1) is 1.91. The molecule has 0 amide bonds. The molecule has 0 aliphatic carbocycles. The van der Waals surface area contributed by atoms with Crippen LogP contribution in [0.2, 0.25) is 0 Å². The van der Waals surface area contributed by atoms with Crippen LogP contribution in [-0.2, 0) is 0 Å². The van der Waals surface area contributed by atoms with Crippen molar-refractivity contribution in [2.75, 3.05) is 6.61 Å². The molecule has 0 spiro atoms. The van der Waals surface area contributed by atoms with Crippen LogP contribution in [0.3, 0.4) is 0 Å². The first kappa shape index (κ1) is 3.63. The van der Waals surface area contributed by atoms with E-state index >= 15 is 0 Å². The van der Waals surface area contributed by atoms with Crippen molar-refractivity contribution in [3.63, 3.8) is 0 Å². The molecule has 24 valence electrons. The van der Waals surface area contributed by atoms with Crippen LogP contribution in [0.15, 0.2) is 0 Å². The van der Waals surface area contributed by atoms with Gasteiger partial charge in [0.2, 0.25) is 0 Å². The molecule has 0 radical (unpaired) electrons. The molecular weight excluding hydrogens is 54.0 g/mol. The lowest BCUT2D eigenvalue weighted by atomic mass is 10.8. The molecule has 2 heteroatoms. The summed E-state index contributed by atoms with van der Waals surface area (Å²) in [5, 5.41) is 12.3. The number of nitrogens with two attached hydrogens (primary N) is 1. The van der Waals surface area contributed by atoms with Gasteiger partial charge in [-0.2, -0.15) is 0 Å². The second-order valence-corrected chi connectivity index (χ2v) is 0.418. The van der Waals surface area contributed by atoms with Crippen LogP contribution in [0, 0.1) is 0 Å². The van der Waals surface area contributed by atoms with Crippen molar-refractivity contribution >= 4 is 6.21 Å². The molecule has 0 aromatic heterocycles. The van der Waals surface area contributed by atoms with Gasteiger partial charge in [0.15, 0.2) is 6.21 Å². The van der Waals surface area contributed by atoms with Crippen molar-refractivity contribution < 1.29 is 10.5 Å². The summed E-state index contributed by atoms with van der Waals surface area (Å²) in [5.74, 6) is 0. The van der Waals surface area contributed by atoms with E-state index in [9.17, 15) is 0 Å². The Balaban J connectivity index is 2.30. The predicted octanol–water partition coefficient (Wildman–Crippen LogP) is -2.19. The predicted molar refractivity (Wildman–Crippen MR) is 15.1 cm³/mol. The van der Waals surface area contributed by atoms with Gasteiger partial charge in [-0.25, -0.2) is 0 Å². The van der Waals surface area contributed by atoms with Crippen molar-refractivity contribution in [2.24, 2.45) is 0 Å². The Bertz CT molecular complexity index is 20.0. The van der Waals surface area contributed by atoms with Crippen LogP contribution in [-0.4, -0.2) is 17.9 Å². The Morgan fingerprint density at radius 2 is 2.25 bits per heavy atom. The smallest absolute Gasteiger partial charge is 0.162 e. The molecule has 0 rings (SSSR count). The van der Waals surface area contributed by atoms with E-state index in [-0.39, 0.29) is 6.61 Å². The summed E-state index contributed by atoms with van der Waals surface area (Å²) in [5.41, 5.74) is 0. The molecule has 2 nitrogen and oxygen atoms in total. The summed E-state index contributed by atoms with van der Waals surface area (Å²) in [6, 6.07) is 0. The Kier molecular flexibility index (Phi) is 2.39. The van der Waals surface area contributed by atoms with E-state index in [4.69, 9.17) is 5.11 Å². The molecule has 0 saturated carbocycles. The standard InChI is InChI=1S/C2H5NO/c3-1-2-4/h1,3-4H,2H2/p+1. The zero-order valence-corrected chi connectivity index (χ0v) is 2.31. The van der Waals surface area contributed by atoms with Crippen molar-refractivity contribution in [3.05, 3.63) is 0 Å². The molecule has 0 unspecified atom stereocenters. The van der Waals surface area contributed by atoms with Gasteiger partial charge >= 0.3 is 0 Å².